The Balaban J connectivity index is 1.61. The topological polar surface area (TPSA) is 84.5 Å². The highest BCUT2D eigenvalue weighted by Crippen LogP contribution is 2.32. The molecule has 0 aliphatic carbocycles. The zero-order chi connectivity index (χ0) is 17.9. The van der Waals surface area contributed by atoms with Crippen LogP contribution in [0.5, 0.6) is 5.75 Å². The molecule has 1 amide bonds. The summed E-state index contributed by atoms with van der Waals surface area (Å²) >= 11 is 1.38. The lowest BCUT2D eigenvalue weighted by Gasteiger charge is -2.26. The molecule has 0 fully saturated rings. The molecular formula is C17H20N2O4S2. The van der Waals surface area contributed by atoms with Gasteiger partial charge in [0, 0.05) is 23.4 Å². The van der Waals surface area contributed by atoms with Crippen LogP contribution >= 0.6 is 11.3 Å². The summed E-state index contributed by atoms with van der Waals surface area (Å²) in [7, 11) is -3.19. The van der Waals surface area contributed by atoms with E-state index in [0.717, 1.165) is 28.9 Å². The minimum atomic E-state index is -3.19. The number of benzene rings is 1. The Morgan fingerprint density at radius 3 is 2.88 bits per heavy atom. The van der Waals surface area contributed by atoms with Crippen LogP contribution in [-0.4, -0.2) is 33.7 Å². The molecule has 0 radical (unpaired) electrons. The summed E-state index contributed by atoms with van der Waals surface area (Å²) in [5, 5.41) is 3.07. The van der Waals surface area contributed by atoms with E-state index in [0.29, 0.717) is 24.4 Å². The highest BCUT2D eigenvalue weighted by atomic mass is 32.2. The first kappa shape index (κ1) is 17.9. The number of sulfonamides is 1. The van der Waals surface area contributed by atoms with Gasteiger partial charge in [-0.1, -0.05) is 18.2 Å². The molecule has 0 saturated carbocycles. The van der Waals surface area contributed by atoms with E-state index < -0.39 is 10.0 Å². The van der Waals surface area contributed by atoms with Gasteiger partial charge < -0.3 is 10.1 Å². The first-order valence-electron chi connectivity index (χ1n) is 7.98. The van der Waals surface area contributed by atoms with Gasteiger partial charge in [-0.3, -0.25) is 4.79 Å². The molecular weight excluding hydrogens is 360 g/mol. The summed E-state index contributed by atoms with van der Waals surface area (Å²) in [6.07, 6.45) is 2.43. The van der Waals surface area contributed by atoms with Crippen LogP contribution in [0.3, 0.4) is 0 Å². The normalized spacial score (nSPS) is 16.8. The van der Waals surface area contributed by atoms with Crippen LogP contribution < -0.4 is 14.8 Å². The number of thiophene rings is 1. The molecule has 0 saturated heterocycles. The van der Waals surface area contributed by atoms with Gasteiger partial charge in [0.15, 0.2) is 0 Å². The molecule has 0 unspecified atom stereocenters. The highest BCUT2D eigenvalue weighted by Gasteiger charge is 2.23. The number of hydrogen-bond acceptors (Lipinski definition) is 5. The number of amides is 1. The molecule has 1 aromatic carbocycles. The summed E-state index contributed by atoms with van der Waals surface area (Å²) in [5.74, 6) is 0.701. The summed E-state index contributed by atoms with van der Waals surface area (Å²) in [6, 6.07) is 11.3. The second kappa shape index (κ2) is 7.55. The van der Waals surface area contributed by atoms with E-state index in [2.05, 4.69) is 10.0 Å². The molecule has 25 heavy (non-hydrogen) atoms. The molecule has 8 heteroatoms. The van der Waals surface area contributed by atoms with Crippen molar-refractivity contribution < 1.29 is 17.9 Å². The number of rotatable bonds is 6. The number of carbonyl (C=O) groups is 1. The van der Waals surface area contributed by atoms with Crippen molar-refractivity contribution in [3.8, 4) is 5.75 Å². The summed E-state index contributed by atoms with van der Waals surface area (Å²) < 4.78 is 30.2. The second-order valence-electron chi connectivity index (χ2n) is 5.88. The van der Waals surface area contributed by atoms with E-state index in [4.69, 9.17) is 4.74 Å². The van der Waals surface area contributed by atoms with Crippen LogP contribution in [0, 0.1) is 0 Å². The zero-order valence-corrected chi connectivity index (χ0v) is 15.5. The van der Waals surface area contributed by atoms with Gasteiger partial charge in [-0.25, -0.2) is 13.1 Å². The van der Waals surface area contributed by atoms with Crippen LogP contribution in [0.1, 0.15) is 32.6 Å². The average Bonchev–Trinajstić information content (AvgIpc) is 3.03. The smallest absolute Gasteiger partial charge is 0.261 e. The van der Waals surface area contributed by atoms with Crippen LogP contribution in [-0.2, 0) is 16.4 Å². The highest BCUT2D eigenvalue weighted by molar-refractivity contribution is 7.88. The third-order valence-electron chi connectivity index (χ3n) is 3.88. The summed E-state index contributed by atoms with van der Waals surface area (Å²) in [6.45, 7) is 0.905. The fraction of sp³-hybridized carbons (Fsp3) is 0.353. The van der Waals surface area contributed by atoms with E-state index in [1.165, 1.54) is 11.3 Å². The maximum atomic E-state index is 12.5. The number of carbonyl (C=O) groups excluding carboxylic acids is 1. The third-order valence-corrected chi connectivity index (χ3v) is 5.76. The van der Waals surface area contributed by atoms with Gasteiger partial charge >= 0.3 is 0 Å². The van der Waals surface area contributed by atoms with Crippen LogP contribution in [0.15, 0.2) is 36.4 Å². The predicted molar refractivity (Wildman–Crippen MR) is 97.6 cm³/mol. The van der Waals surface area contributed by atoms with Crippen molar-refractivity contribution in [1.29, 1.82) is 0 Å². The Labute approximate surface area is 151 Å². The van der Waals surface area contributed by atoms with Gasteiger partial charge in [0.25, 0.3) is 5.91 Å². The van der Waals surface area contributed by atoms with Gasteiger partial charge in [0.1, 0.15) is 5.75 Å². The first-order chi connectivity index (χ1) is 11.9. The maximum Gasteiger partial charge on any atom is 0.261 e. The molecule has 1 aliphatic rings. The SMILES string of the molecule is CS(=O)(=O)NCCc1ccc(C(=O)N[C@@H]2CCOc3ccccc32)s1. The lowest BCUT2D eigenvalue weighted by molar-refractivity contribution is 0.0929. The summed E-state index contributed by atoms with van der Waals surface area (Å²) in [4.78, 5) is 14.1. The Morgan fingerprint density at radius 1 is 1.28 bits per heavy atom. The van der Waals surface area contributed by atoms with E-state index in [-0.39, 0.29) is 11.9 Å². The molecule has 1 atom stereocenters. The van der Waals surface area contributed by atoms with E-state index in [1.54, 1.807) is 6.07 Å². The van der Waals surface area contributed by atoms with Gasteiger partial charge in [-0.2, -0.15) is 0 Å². The van der Waals surface area contributed by atoms with Gasteiger partial charge in [-0.15, -0.1) is 11.3 Å². The summed E-state index contributed by atoms with van der Waals surface area (Å²) in [5.41, 5.74) is 0.997. The van der Waals surface area contributed by atoms with Gasteiger partial charge in [0.05, 0.1) is 23.8 Å². The number of hydrogen-bond donors (Lipinski definition) is 2. The van der Waals surface area contributed by atoms with Gasteiger partial charge in [0.2, 0.25) is 10.0 Å². The second-order valence-corrected chi connectivity index (χ2v) is 8.88. The van der Waals surface area contributed by atoms with Crippen molar-refractivity contribution in [2.75, 3.05) is 19.4 Å². The van der Waals surface area contributed by atoms with E-state index in [1.807, 2.05) is 30.3 Å². The minimum Gasteiger partial charge on any atom is -0.493 e. The van der Waals surface area contributed by atoms with Crippen molar-refractivity contribution >= 4 is 27.3 Å². The van der Waals surface area contributed by atoms with Crippen LogP contribution in [0.25, 0.3) is 0 Å². The molecule has 3 rings (SSSR count). The predicted octanol–water partition coefficient (Wildman–Crippen LogP) is 2.09. The first-order valence-corrected chi connectivity index (χ1v) is 10.7. The molecule has 2 N–H and O–H groups in total. The van der Waals surface area contributed by atoms with Crippen molar-refractivity contribution in [2.45, 2.75) is 18.9 Å². The standard InChI is InChI=1S/C17H20N2O4S2/c1-25(21,22)18-10-8-12-6-7-16(24-12)17(20)19-14-9-11-23-15-5-3-2-4-13(14)15/h2-7,14,18H,8-11H2,1H3,(H,19,20)/t14-/m1/s1. The lowest BCUT2D eigenvalue weighted by Crippen LogP contribution is -2.31. The monoisotopic (exact) mass is 380 g/mol. The van der Waals surface area contributed by atoms with Crippen molar-refractivity contribution in [3.63, 3.8) is 0 Å². The molecule has 0 bridgehead atoms. The van der Waals surface area contributed by atoms with Crippen LogP contribution in [0.2, 0.25) is 0 Å². The Hall–Kier alpha value is -1.90. The molecule has 2 aromatic rings. The zero-order valence-electron chi connectivity index (χ0n) is 13.8. The lowest BCUT2D eigenvalue weighted by atomic mass is 10.0. The molecule has 1 aliphatic heterocycles. The largest absolute Gasteiger partial charge is 0.493 e. The van der Waals surface area contributed by atoms with E-state index >= 15 is 0 Å². The van der Waals surface area contributed by atoms with Crippen molar-refractivity contribution in [1.82, 2.24) is 10.0 Å². The Bertz CT molecular complexity index is 861. The van der Waals surface area contributed by atoms with Gasteiger partial charge in [-0.05, 0) is 24.6 Å². The number of nitrogens with one attached hydrogen (secondary N) is 2. The van der Waals surface area contributed by atoms with Crippen LogP contribution in [0.4, 0.5) is 0 Å². The number of ether oxygens (including phenoxy) is 1. The van der Waals surface area contributed by atoms with E-state index in [9.17, 15) is 13.2 Å². The quantitative estimate of drug-likeness (QED) is 0.804. The maximum absolute atomic E-state index is 12.5. The fourth-order valence-electron chi connectivity index (χ4n) is 2.72. The molecule has 0 spiro atoms. The minimum absolute atomic E-state index is 0.0603. The molecule has 134 valence electrons. The Morgan fingerprint density at radius 2 is 2.08 bits per heavy atom. The molecule has 2 heterocycles. The fourth-order valence-corrected chi connectivity index (χ4v) is 4.10. The number of para-hydroxylation sites is 1. The van der Waals surface area contributed by atoms with Crippen molar-refractivity contribution in [3.05, 3.63) is 51.7 Å². The van der Waals surface area contributed by atoms with Crippen molar-refractivity contribution in [2.24, 2.45) is 0 Å². The molecule has 6 nitrogen and oxygen atoms in total. The molecule has 1 aromatic heterocycles. The third kappa shape index (κ3) is 4.81. The average molecular weight is 380 g/mol. The Kier molecular flexibility index (Phi) is 5.41. The number of fused-ring (bicyclic) bond motifs is 1.